The molecule has 1 atom stereocenters. The first kappa shape index (κ1) is 19.1. The normalized spacial score (nSPS) is 15.9. The highest BCUT2D eigenvalue weighted by molar-refractivity contribution is 6.06. The van der Waals surface area contributed by atoms with Crippen molar-refractivity contribution in [1.29, 1.82) is 0 Å². The molecule has 0 radical (unpaired) electrons. The average molecular weight is 407 g/mol. The van der Waals surface area contributed by atoms with Crippen LogP contribution in [0.4, 0.5) is 5.69 Å². The number of ether oxygens (including phenoxy) is 1. The lowest BCUT2D eigenvalue weighted by Crippen LogP contribution is -2.27. The van der Waals surface area contributed by atoms with Gasteiger partial charge in [0, 0.05) is 23.9 Å². The maximum Gasteiger partial charge on any atom is 0.316 e. The van der Waals surface area contributed by atoms with Gasteiger partial charge in [0.2, 0.25) is 5.91 Å². The Labute approximate surface area is 180 Å². The zero-order valence-corrected chi connectivity index (χ0v) is 16.9. The SMILES string of the molecule is O=C(Oc1ccccc1-c1ccccc1)[C@H]1CC(=O)N(c2cccc3ccccc23)C1. The Hall–Kier alpha value is -3.92. The summed E-state index contributed by atoms with van der Waals surface area (Å²) in [6, 6.07) is 31.1. The summed E-state index contributed by atoms with van der Waals surface area (Å²) in [4.78, 5) is 27.5. The van der Waals surface area contributed by atoms with E-state index in [1.165, 1.54) is 0 Å². The van der Waals surface area contributed by atoms with Gasteiger partial charge in [-0.05, 0) is 23.1 Å². The number of fused-ring (bicyclic) bond motifs is 1. The van der Waals surface area contributed by atoms with E-state index >= 15 is 0 Å². The van der Waals surface area contributed by atoms with Gasteiger partial charge in [-0.3, -0.25) is 9.59 Å². The van der Waals surface area contributed by atoms with Gasteiger partial charge in [0.1, 0.15) is 5.75 Å². The third-order valence-corrected chi connectivity index (χ3v) is 5.70. The Kier molecular flexibility index (Phi) is 4.97. The van der Waals surface area contributed by atoms with Crippen molar-refractivity contribution in [2.24, 2.45) is 5.92 Å². The molecule has 0 bridgehead atoms. The summed E-state index contributed by atoms with van der Waals surface area (Å²) in [5, 5.41) is 2.07. The molecule has 0 aliphatic carbocycles. The standard InChI is InChI=1S/C27H21NO3/c29-26-17-21(18-28(26)24-15-8-12-19-11-4-5-13-22(19)24)27(30)31-25-16-7-6-14-23(25)20-9-2-1-3-10-20/h1-16,21H,17-18H2/t21-/m0/s1. The van der Waals surface area contributed by atoms with E-state index in [9.17, 15) is 9.59 Å². The summed E-state index contributed by atoms with van der Waals surface area (Å²) >= 11 is 0. The topological polar surface area (TPSA) is 46.6 Å². The molecule has 5 rings (SSSR count). The van der Waals surface area contributed by atoms with Gasteiger partial charge in [-0.15, -0.1) is 0 Å². The molecule has 4 aromatic carbocycles. The molecule has 31 heavy (non-hydrogen) atoms. The molecule has 1 heterocycles. The molecule has 1 aliphatic heterocycles. The third-order valence-electron chi connectivity index (χ3n) is 5.70. The Bertz CT molecular complexity index is 1260. The Morgan fingerprint density at radius 2 is 1.52 bits per heavy atom. The molecular formula is C27H21NO3. The summed E-state index contributed by atoms with van der Waals surface area (Å²) in [6.07, 6.45) is 0.148. The van der Waals surface area contributed by atoms with Gasteiger partial charge < -0.3 is 9.64 Å². The minimum Gasteiger partial charge on any atom is -0.426 e. The molecule has 1 amide bonds. The largest absolute Gasteiger partial charge is 0.426 e. The molecule has 1 fully saturated rings. The van der Waals surface area contributed by atoms with Crippen LogP contribution in [0.15, 0.2) is 97.1 Å². The van der Waals surface area contributed by atoms with Gasteiger partial charge in [0.25, 0.3) is 0 Å². The minimum absolute atomic E-state index is 0.0605. The maximum atomic E-state index is 13.0. The van der Waals surface area contributed by atoms with Gasteiger partial charge in [-0.1, -0.05) is 84.9 Å². The lowest BCUT2D eigenvalue weighted by Gasteiger charge is -2.19. The predicted octanol–water partition coefficient (Wildman–Crippen LogP) is 5.47. The van der Waals surface area contributed by atoms with E-state index in [2.05, 4.69) is 0 Å². The molecule has 1 saturated heterocycles. The molecular weight excluding hydrogens is 386 g/mol. The summed E-state index contributed by atoms with van der Waals surface area (Å²) in [7, 11) is 0. The van der Waals surface area contributed by atoms with Crippen LogP contribution in [-0.2, 0) is 9.59 Å². The number of para-hydroxylation sites is 1. The first-order chi connectivity index (χ1) is 15.2. The van der Waals surface area contributed by atoms with Crippen LogP contribution in [0.5, 0.6) is 5.75 Å². The lowest BCUT2D eigenvalue weighted by molar-refractivity contribution is -0.139. The van der Waals surface area contributed by atoms with Gasteiger partial charge in [0.05, 0.1) is 11.6 Å². The molecule has 0 N–H and O–H groups in total. The van der Waals surface area contributed by atoms with E-state index in [0.29, 0.717) is 12.3 Å². The van der Waals surface area contributed by atoms with Crippen molar-refractivity contribution in [3.63, 3.8) is 0 Å². The van der Waals surface area contributed by atoms with Crippen LogP contribution >= 0.6 is 0 Å². The Morgan fingerprint density at radius 3 is 2.39 bits per heavy atom. The molecule has 0 spiro atoms. The van der Waals surface area contributed by atoms with Crippen LogP contribution in [-0.4, -0.2) is 18.4 Å². The third kappa shape index (κ3) is 3.68. The van der Waals surface area contributed by atoms with E-state index in [0.717, 1.165) is 27.6 Å². The van der Waals surface area contributed by atoms with Crippen LogP contribution in [0, 0.1) is 5.92 Å². The number of amides is 1. The van der Waals surface area contributed by atoms with Gasteiger partial charge in [-0.2, -0.15) is 0 Å². The van der Waals surface area contributed by atoms with Crippen molar-refractivity contribution >= 4 is 28.3 Å². The number of rotatable bonds is 4. The van der Waals surface area contributed by atoms with Crippen LogP contribution < -0.4 is 9.64 Å². The molecule has 0 unspecified atom stereocenters. The molecule has 1 aliphatic rings. The number of benzene rings is 4. The molecule has 4 heteroatoms. The number of carbonyl (C=O) groups is 2. The summed E-state index contributed by atoms with van der Waals surface area (Å²) < 4.78 is 5.79. The van der Waals surface area contributed by atoms with Crippen LogP contribution in [0.2, 0.25) is 0 Å². The zero-order chi connectivity index (χ0) is 21.2. The fourth-order valence-corrected chi connectivity index (χ4v) is 4.15. The van der Waals surface area contributed by atoms with E-state index in [1.54, 1.807) is 11.0 Å². The maximum absolute atomic E-state index is 13.0. The molecule has 4 aromatic rings. The molecule has 0 saturated carbocycles. The smallest absolute Gasteiger partial charge is 0.316 e. The first-order valence-corrected chi connectivity index (χ1v) is 10.3. The summed E-state index contributed by atoms with van der Waals surface area (Å²) in [6.45, 7) is 0.319. The summed E-state index contributed by atoms with van der Waals surface area (Å²) in [5.74, 6) is -0.431. The van der Waals surface area contributed by atoms with E-state index < -0.39 is 5.92 Å². The predicted molar refractivity (Wildman–Crippen MR) is 122 cm³/mol. The fourth-order valence-electron chi connectivity index (χ4n) is 4.15. The van der Waals surface area contributed by atoms with E-state index in [4.69, 9.17) is 4.74 Å². The van der Waals surface area contributed by atoms with E-state index in [1.807, 2.05) is 91.0 Å². The van der Waals surface area contributed by atoms with Crippen molar-refractivity contribution in [3.8, 4) is 16.9 Å². The number of esters is 1. The van der Waals surface area contributed by atoms with Crippen molar-refractivity contribution in [3.05, 3.63) is 97.1 Å². The number of anilines is 1. The van der Waals surface area contributed by atoms with Gasteiger partial charge in [0.15, 0.2) is 0 Å². The van der Waals surface area contributed by atoms with Crippen molar-refractivity contribution in [2.45, 2.75) is 6.42 Å². The number of hydrogen-bond donors (Lipinski definition) is 0. The second kappa shape index (κ2) is 8.07. The minimum atomic E-state index is -0.504. The van der Waals surface area contributed by atoms with Crippen LogP contribution in [0.25, 0.3) is 21.9 Å². The Morgan fingerprint density at radius 1 is 0.806 bits per heavy atom. The van der Waals surface area contributed by atoms with Gasteiger partial charge >= 0.3 is 5.97 Å². The van der Waals surface area contributed by atoms with Gasteiger partial charge in [-0.25, -0.2) is 0 Å². The highest BCUT2D eigenvalue weighted by Gasteiger charge is 2.37. The second-order valence-corrected chi connectivity index (χ2v) is 7.69. The molecule has 0 aromatic heterocycles. The molecule has 152 valence electrons. The van der Waals surface area contributed by atoms with E-state index in [-0.39, 0.29) is 18.3 Å². The Balaban J connectivity index is 1.38. The lowest BCUT2D eigenvalue weighted by atomic mass is 10.0. The van der Waals surface area contributed by atoms with Crippen molar-refractivity contribution < 1.29 is 14.3 Å². The van der Waals surface area contributed by atoms with Crippen molar-refractivity contribution in [2.75, 3.05) is 11.4 Å². The quantitative estimate of drug-likeness (QED) is 0.333. The highest BCUT2D eigenvalue weighted by Crippen LogP contribution is 2.34. The first-order valence-electron chi connectivity index (χ1n) is 10.3. The van der Waals surface area contributed by atoms with Crippen LogP contribution in [0.3, 0.4) is 0 Å². The monoisotopic (exact) mass is 407 g/mol. The number of hydrogen-bond acceptors (Lipinski definition) is 3. The van der Waals surface area contributed by atoms with Crippen LogP contribution in [0.1, 0.15) is 6.42 Å². The number of nitrogens with zero attached hydrogens (tertiary/aromatic N) is 1. The summed E-state index contributed by atoms with van der Waals surface area (Å²) in [5.41, 5.74) is 2.67. The highest BCUT2D eigenvalue weighted by atomic mass is 16.5. The second-order valence-electron chi connectivity index (χ2n) is 7.69. The number of carbonyl (C=O) groups excluding carboxylic acids is 2. The average Bonchev–Trinajstić information content (AvgIpc) is 3.21. The molecule has 4 nitrogen and oxygen atoms in total. The zero-order valence-electron chi connectivity index (χ0n) is 16.9. The van der Waals surface area contributed by atoms with Crippen molar-refractivity contribution in [1.82, 2.24) is 0 Å². The fraction of sp³-hybridized carbons (Fsp3) is 0.111.